The lowest BCUT2D eigenvalue weighted by Crippen LogP contribution is -2.05. The predicted molar refractivity (Wildman–Crippen MR) is 62.0 cm³/mol. The molecule has 0 saturated heterocycles. The van der Waals surface area contributed by atoms with Gasteiger partial charge in [0.15, 0.2) is 0 Å². The SMILES string of the molecule is Cc1cnn(Cc2ccccc2C#N)c1C. The lowest BCUT2D eigenvalue weighted by Gasteiger charge is -2.06. The topological polar surface area (TPSA) is 41.6 Å². The normalized spacial score (nSPS) is 10.1. The van der Waals surface area contributed by atoms with Crippen LogP contribution in [0.4, 0.5) is 0 Å². The molecule has 1 aromatic carbocycles. The highest BCUT2D eigenvalue weighted by atomic mass is 15.3. The zero-order valence-electron chi connectivity index (χ0n) is 9.44. The van der Waals surface area contributed by atoms with Crippen molar-refractivity contribution >= 4 is 0 Å². The molecule has 3 nitrogen and oxygen atoms in total. The maximum Gasteiger partial charge on any atom is 0.0995 e. The van der Waals surface area contributed by atoms with Gasteiger partial charge in [0.25, 0.3) is 0 Å². The Morgan fingerprint density at radius 1 is 1.31 bits per heavy atom. The third-order valence-corrected chi connectivity index (χ3v) is 2.81. The van der Waals surface area contributed by atoms with Gasteiger partial charge in [0.2, 0.25) is 0 Å². The van der Waals surface area contributed by atoms with E-state index >= 15 is 0 Å². The van der Waals surface area contributed by atoms with Gasteiger partial charge in [-0.1, -0.05) is 18.2 Å². The quantitative estimate of drug-likeness (QED) is 0.765. The summed E-state index contributed by atoms with van der Waals surface area (Å²) in [4.78, 5) is 0. The standard InChI is InChI=1S/C13H13N3/c1-10-8-15-16(11(10)2)9-13-6-4-3-5-12(13)7-14/h3-6,8H,9H2,1-2H3. The van der Waals surface area contributed by atoms with Crippen molar-refractivity contribution in [2.45, 2.75) is 20.4 Å². The first-order valence-corrected chi connectivity index (χ1v) is 5.19. The van der Waals surface area contributed by atoms with Gasteiger partial charge in [-0.15, -0.1) is 0 Å². The van der Waals surface area contributed by atoms with Crippen LogP contribution in [0.5, 0.6) is 0 Å². The van der Waals surface area contributed by atoms with Gasteiger partial charge in [-0.3, -0.25) is 4.68 Å². The van der Waals surface area contributed by atoms with E-state index in [1.54, 1.807) is 0 Å². The number of hydrogen-bond donors (Lipinski definition) is 0. The van der Waals surface area contributed by atoms with Crippen molar-refractivity contribution in [1.29, 1.82) is 5.26 Å². The van der Waals surface area contributed by atoms with Crippen LogP contribution in [0, 0.1) is 25.2 Å². The van der Waals surface area contributed by atoms with E-state index in [-0.39, 0.29) is 0 Å². The molecule has 0 fully saturated rings. The summed E-state index contributed by atoms with van der Waals surface area (Å²) >= 11 is 0. The lowest BCUT2D eigenvalue weighted by atomic mass is 10.1. The molecule has 0 radical (unpaired) electrons. The molecule has 16 heavy (non-hydrogen) atoms. The Hall–Kier alpha value is -2.08. The molecule has 0 atom stereocenters. The fraction of sp³-hybridized carbons (Fsp3) is 0.231. The van der Waals surface area contributed by atoms with Crippen molar-refractivity contribution in [1.82, 2.24) is 9.78 Å². The minimum absolute atomic E-state index is 0.656. The first-order chi connectivity index (χ1) is 7.72. The van der Waals surface area contributed by atoms with Crippen LogP contribution in [0.3, 0.4) is 0 Å². The molecule has 0 spiro atoms. The van der Waals surface area contributed by atoms with Gasteiger partial charge in [0.1, 0.15) is 0 Å². The Morgan fingerprint density at radius 2 is 2.06 bits per heavy atom. The van der Waals surface area contributed by atoms with E-state index in [1.165, 1.54) is 5.56 Å². The second kappa shape index (κ2) is 4.19. The molecule has 0 saturated carbocycles. The molecule has 0 aliphatic carbocycles. The molecular formula is C13H13N3. The molecule has 0 N–H and O–H groups in total. The van der Waals surface area contributed by atoms with Crippen LogP contribution >= 0.6 is 0 Å². The summed E-state index contributed by atoms with van der Waals surface area (Å²) in [5.41, 5.74) is 4.05. The van der Waals surface area contributed by atoms with Crippen molar-refractivity contribution in [2.24, 2.45) is 0 Å². The number of hydrogen-bond acceptors (Lipinski definition) is 2. The van der Waals surface area contributed by atoms with E-state index in [4.69, 9.17) is 5.26 Å². The van der Waals surface area contributed by atoms with Gasteiger partial charge in [0.05, 0.1) is 24.4 Å². The highest BCUT2D eigenvalue weighted by Gasteiger charge is 2.05. The van der Waals surface area contributed by atoms with E-state index < -0.39 is 0 Å². The first kappa shape index (κ1) is 10.4. The van der Waals surface area contributed by atoms with E-state index in [2.05, 4.69) is 11.2 Å². The fourth-order valence-corrected chi connectivity index (χ4v) is 1.63. The summed E-state index contributed by atoms with van der Waals surface area (Å²) in [6.07, 6.45) is 1.85. The second-order valence-electron chi connectivity index (χ2n) is 3.84. The molecule has 0 aliphatic rings. The molecule has 1 aromatic heterocycles. The van der Waals surface area contributed by atoms with E-state index in [1.807, 2.05) is 49.0 Å². The predicted octanol–water partition coefficient (Wildman–Crippen LogP) is 2.42. The third kappa shape index (κ3) is 1.82. The number of nitriles is 1. The van der Waals surface area contributed by atoms with Crippen molar-refractivity contribution in [2.75, 3.05) is 0 Å². The van der Waals surface area contributed by atoms with Crippen molar-refractivity contribution in [3.05, 3.63) is 52.8 Å². The second-order valence-corrected chi connectivity index (χ2v) is 3.84. The zero-order valence-corrected chi connectivity index (χ0v) is 9.44. The van der Waals surface area contributed by atoms with E-state index in [0.29, 0.717) is 6.54 Å². The summed E-state index contributed by atoms with van der Waals surface area (Å²) < 4.78 is 1.92. The Labute approximate surface area is 94.9 Å². The van der Waals surface area contributed by atoms with Gasteiger partial charge in [-0.05, 0) is 31.0 Å². The molecule has 2 rings (SSSR count). The summed E-state index contributed by atoms with van der Waals surface area (Å²) in [7, 11) is 0. The van der Waals surface area contributed by atoms with Crippen molar-refractivity contribution in [3.8, 4) is 6.07 Å². The van der Waals surface area contributed by atoms with Gasteiger partial charge in [-0.25, -0.2) is 0 Å². The Bertz CT molecular complexity index is 547. The summed E-state index contributed by atoms with van der Waals surface area (Å²) in [5.74, 6) is 0. The van der Waals surface area contributed by atoms with Crippen LogP contribution in [-0.2, 0) is 6.54 Å². The van der Waals surface area contributed by atoms with Crippen LogP contribution < -0.4 is 0 Å². The Morgan fingerprint density at radius 3 is 2.69 bits per heavy atom. The highest BCUT2D eigenvalue weighted by molar-refractivity contribution is 5.37. The average molecular weight is 211 g/mol. The minimum atomic E-state index is 0.656. The van der Waals surface area contributed by atoms with Crippen molar-refractivity contribution < 1.29 is 0 Å². The molecule has 0 aliphatic heterocycles. The summed E-state index contributed by atoms with van der Waals surface area (Å²) in [5, 5.41) is 13.3. The Balaban J connectivity index is 2.35. The van der Waals surface area contributed by atoms with E-state index in [0.717, 1.165) is 16.8 Å². The number of aromatic nitrogens is 2. The smallest absolute Gasteiger partial charge is 0.0995 e. The number of benzene rings is 1. The lowest BCUT2D eigenvalue weighted by molar-refractivity contribution is 0.663. The summed E-state index contributed by atoms with van der Waals surface area (Å²) in [6.45, 7) is 4.73. The highest BCUT2D eigenvalue weighted by Crippen LogP contribution is 2.12. The first-order valence-electron chi connectivity index (χ1n) is 5.19. The maximum atomic E-state index is 8.99. The van der Waals surface area contributed by atoms with Gasteiger partial charge >= 0.3 is 0 Å². The van der Waals surface area contributed by atoms with Crippen LogP contribution in [0.1, 0.15) is 22.4 Å². The third-order valence-electron chi connectivity index (χ3n) is 2.81. The molecule has 0 amide bonds. The van der Waals surface area contributed by atoms with Crippen LogP contribution in [0.2, 0.25) is 0 Å². The van der Waals surface area contributed by atoms with Gasteiger partial charge in [0, 0.05) is 5.69 Å². The number of nitrogens with zero attached hydrogens (tertiary/aromatic N) is 3. The molecule has 0 bridgehead atoms. The number of aryl methyl sites for hydroxylation is 1. The molecule has 3 heteroatoms. The van der Waals surface area contributed by atoms with Gasteiger partial charge < -0.3 is 0 Å². The molecule has 1 heterocycles. The van der Waals surface area contributed by atoms with Gasteiger partial charge in [-0.2, -0.15) is 10.4 Å². The summed E-state index contributed by atoms with van der Waals surface area (Å²) in [6, 6.07) is 9.83. The average Bonchev–Trinajstić information content (AvgIpc) is 2.62. The van der Waals surface area contributed by atoms with E-state index in [9.17, 15) is 0 Å². The molecule has 2 aromatic rings. The Kier molecular flexibility index (Phi) is 2.74. The van der Waals surface area contributed by atoms with Crippen LogP contribution in [0.25, 0.3) is 0 Å². The number of rotatable bonds is 2. The monoisotopic (exact) mass is 211 g/mol. The maximum absolute atomic E-state index is 8.99. The molecule has 0 unspecified atom stereocenters. The van der Waals surface area contributed by atoms with Crippen molar-refractivity contribution in [3.63, 3.8) is 0 Å². The van der Waals surface area contributed by atoms with Crippen LogP contribution in [-0.4, -0.2) is 9.78 Å². The minimum Gasteiger partial charge on any atom is -0.265 e. The largest absolute Gasteiger partial charge is 0.265 e. The molecular weight excluding hydrogens is 198 g/mol. The fourth-order valence-electron chi connectivity index (χ4n) is 1.63. The molecule has 80 valence electrons. The zero-order chi connectivity index (χ0) is 11.5. The van der Waals surface area contributed by atoms with Crippen LogP contribution in [0.15, 0.2) is 30.5 Å².